The first kappa shape index (κ1) is 17.8. The number of aromatic amines is 1. The normalized spacial score (nSPS) is 17.7. The molecule has 2 aromatic heterocycles. The van der Waals surface area contributed by atoms with Crippen molar-refractivity contribution in [3.05, 3.63) is 46.8 Å². The number of aryl methyl sites for hydroxylation is 1. The van der Waals surface area contributed by atoms with Crippen LogP contribution in [0.1, 0.15) is 24.5 Å². The highest BCUT2D eigenvalue weighted by molar-refractivity contribution is 7.07. The van der Waals surface area contributed by atoms with Gasteiger partial charge in [0.1, 0.15) is 5.82 Å². The van der Waals surface area contributed by atoms with Crippen LogP contribution >= 0.6 is 11.3 Å². The minimum atomic E-state index is -0.0167. The van der Waals surface area contributed by atoms with E-state index in [9.17, 15) is 4.79 Å². The molecule has 1 saturated heterocycles. The largest absolute Gasteiger partial charge is 0.326 e. The van der Waals surface area contributed by atoms with E-state index in [1.165, 1.54) is 0 Å². The Morgan fingerprint density at radius 1 is 1.37 bits per heavy atom. The average molecular weight is 382 g/mol. The topological polar surface area (TPSA) is 86.8 Å². The van der Waals surface area contributed by atoms with E-state index in [4.69, 9.17) is 0 Å². The molecule has 1 amide bonds. The van der Waals surface area contributed by atoms with Crippen molar-refractivity contribution in [3.63, 3.8) is 0 Å². The van der Waals surface area contributed by atoms with Crippen LogP contribution in [0.15, 0.2) is 35.2 Å². The zero-order chi connectivity index (χ0) is 18.6. The van der Waals surface area contributed by atoms with Gasteiger partial charge in [-0.2, -0.15) is 5.10 Å². The first-order valence-corrected chi connectivity index (χ1v) is 10.0. The SMILES string of the molecule is Cc1nc(CN2CCCC(C(=O)Nc3ccc(-c4cscn4)cc3)C2)n[nH]1. The molecule has 0 aliphatic carbocycles. The van der Waals surface area contributed by atoms with Crippen LogP contribution in [0.2, 0.25) is 0 Å². The van der Waals surface area contributed by atoms with Gasteiger partial charge in [0, 0.05) is 23.2 Å². The van der Waals surface area contributed by atoms with Gasteiger partial charge in [-0.15, -0.1) is 11.3 Å². The van der Waals surface area contributed by atoms with Crippen LogP contribution in [-0.2, 0) is 11.3 Å². The Kier molecular flexibility index (Phi) is 5.26. The first-order valence-electron chi connectivity index (χ1n) is 9.07. The zero-order valence-corrected chi connectivity index (χ0v) is 16.0. The number of rotatable bonds is 5. The van der Waals surface area contributed by atoms with Gasteiger partial charge in [-0.3, -0.25) is 14.8 Å². The van der Waals surface area contributed by atoms with Gasteiger partial charge in [-0.25, -0.2) is 9.97 Å². The minimum Gasteiger partial charge on any atom is -0.326 e. The molecule has 7 nitrogen and oxygen atoms in total. The number of H-pyrrole nitrogens is 1. The number of thiazole rings is 1. The molecule has 2 N–H and O–H groups in total. The number of nitrogens with one attached hydrogen (secondary N) is 2. The van der Waals surface area contributed by atoms with E-state index in [1.54, 1.807) is 11.3 Å². The quantitative estimate of drug-likeness (QED) is 0.708. The molecule has 0 bridgehead atoms. The zero-order valence-electron chi connectivity index (χ0n) is 15.2. The fourth-order valence-corrected chi connectivity index (χ4v) is 3.96. The molecule has 1 aliphatic heterocycles. The van der Waals surface area contributed by atoms with E-state index in [2.05, 4.69) is 30.4 Å². The molecule has 8 heteroatoms. The molecule has 4 rings (SSSR count). The molecular formula is C19H22N6OS. The second kappa shape index (κ2) is 7.98. The van der Waals surface area contributed by atoms with Crippen LogP contribution in [0.25, 0.3) is 11.3 Å². The summed E-state index contributed by atoms with van der Waals surface area (Å²) in [6.07, 6.45) is 1.91. The number of aromatic nitrogens is 4. The van der Waals surface area contributed by atoms with Crippen LogP contribution in [0.5, 0.6) is 0 Å². The molecule has 1 fully saturated rings. The number of benzene rings is 1. The number of anilines is 1. The first-order chi connectivity index (χ1) is 13.2. The molecule has 0 spiro atoms. The monoisotopic (exact) mass is 382 g/mol. The highest BCUT2D eigenvalue weighted by atomic mass is 32.1. The van der Waals surface area contributed by atoms with Crippen LogP contribution in [-0.4, -0.2) is 44.1 Å². The number of hydrogen-bond acceptors (Lipinski definition) is 6. The summed E-state index contributed by atoms with van der Waals surface area (Å²) in [4.78, 5) is 23.6. The molecule has 1 unspecified atom stereocenters. The Morgan fingerprint density at radius 2 is 2.22 bits per heavy atom. The Hall–Kier alpha value is -2.58. The van der Waals surface area contributed by atoms with Crippen molar-refractivity contribution in [2.45, 2.75) is 26.3 Å². The molecular weight excluding hydrogens is 360 g/mol. The summed E-state index contributed by atoms with van der Waals surface area (Å²) in [6, 6.07) is 7.85. The summed E-state index contributed by atoms with van der Waals surface area (Å²) in [7, 11) is 0. The highest BCUT2D eigenvalue weighted by Gasteiger charge is 2.26. The standard InChI is InChI=1S/C19H22N6OS/c1-13-21-18(24-23-13)10-25-8-2-3-15(9-25)19(26)22-16-6-4-14(5-7-16)17-11-27-12-20-17/h4-7,11-12,15H,2-3,8-10H2,1H3,(H,22,26)(H,21,23,24). The summed E-state index contributed by atoms with van der Waals surface area (Å²) < 4.78 is 0. The summed E-state index contributed by atoms with van der Waals surface area (Å²) >= 11 is 1.57. The molecule has 140 valence electrons. The third-order valence-corrected chi connectivity index (χ3v) is 5.35. The van der Waals surface area contributed by atoms with Gasteiger partial charge in [0.2, 0.25) is 5.91 Å². The van der Waals surface area contributed by atoms with Gasteiger partial charge in [-0.1, -0.05) is 12.1 Å². The maximum atomic E-state index is 12.7. The molecule has 1 atom stereocenters. The van der Waals surface area contributed by atoms with Crippen molar-refractivity contribution in [2.24, 2.45) is 5.92 Å². The van der Waals surface area contributed by atoms with Crippen molar-refractivity contribution in [1.82, 2.24) is 25.1 Å². The van der Waals surface area contributed by atoms with Crippen molar-refractivity contribution >= 4 is 22.9 Å². The maximum absolute atomic E-state index is 12.7. The van der Waals surface area contributed by atoms with E-state index in [-0.39, 0.29) is 11.8 Å². The van der Waals surface area contributed by atoms with Crippen molar-refractivity contribution in [1.29, 1.82) is 0 Å². The van der Waals surface area contributed by atoms with E-state index < -0.39 is 0 Å². The Balaban J connectivity index is 1.34. The maximum Gasteiger partial charge on any atom is 0.228 e. The summed E-state index contributed by atoms with van der Waals surface area (Å²) in [5, 5.41) is 12.1. The Morgan fingerprint density at radius 3 is 2.93 bits per heavy atom. The number of carbonyl (C=O) groups excluding carboxylic acids is 1. The van der Waals surface area contributed by atoms with Crippen molar-refractivity contribution in [2.75, 3.05) is 18.4 Å². The van der Waals surface area contributed by atoms with Crippen LogP contribution in [0.4, 0.5) is 5.69 Å². The van der Waals surface area contributed by atoms with Gasteiger partial charge in [0.15, 0.2) is 5.82 Å². The number of piperidine rings is 1. The number of carbonyl (C=O) groups is 1. The van der Waals surface area contributed by atoms with E-state index >= 15 is 0 Å². The van der Waals surface area contributed by atoms with Crippen LogP contribution < -0.4 is 5.32 Å². The lowest BCUT2D eigenvalue weighted by atomic mass is 9.97. The fourth-order valence-electron chi connectivity index (χ4n) is 3.40. The van der Waals surface area contributed by atoms with E-state index in [0.717, 1.165) is 54.5 Å². The summed E-state index contributed by atoms with van der Waals surface area (Å²) in [5.74, 6) is 1.66. The molecule has 0 radical (unpaired) electrons. The smallest absolute Gasteiger partial charge is 0.228 e. The highest BCUT2D eigenvalue weighted by Crippen LogP contribution is 2.23. The van der Waals surface area contributed by atoms with Crippen molar-refractivity contribution < 1.29 is 4.79 Å². The fraction of sp³-hybridized carbons (Fsp3) is 0.368. The third kappa shape index (κ3) is 4.40. The predicted octanol–water partition coefficient (Wildman–Crippen LogP) is 3.09. The van der Waals surface area contributed by atoms with E-state index in [1.807, 2.05) is 42.1 Å². The number of amides is 1. The molecule has 3 heterocycles. The van der Waals surface area contributed by atoms with Gasteiger partial charge in [-0.05, 0) is 38.4 Å². The third-order valence-electron chi connectivity index (χ3n) is 4.77. The van der Waals surface area contributed by atoms with Crippen molar-refractivity contribution in [3.8, 4) is 11.3 Å². The Bertz CT molecular complexity index is 889. The molecule has 27 heavy (non-hydrogen) atoms. The molecule has 3 aromatic rings. The molecule has 1 aromatic carbocycles. The molecule has 0 saturated carbocycles. The molecule has 1 aliphatic rings. The number of nitrogens with zero attached hydrogens (tertiary/aromatic N) is 4. The summed E-state index contributed by atoms with van der Waals surface area (Å²) in [6.45, 7) is 4.27. The van der Waals surface area contributed by atoms with Gasteiger partial charge < -0.3 is 5.32 Å². The lowest BCUT2D eigenvalue weighted by molar-refractivity contribution is -0.121. The number of likely N-dealkylation sites (tertiary alicyclic amines) is 1. The van der Waals surface area contributed by atoms with Gasteiger partial charge in [0.05, 0.1) is 23.7 Å². The van der Waals surface area contributed by atoms with Gasteiger partial charge in [0.25, 0.3) is 0 Å². The average Bonchev–Trinajstić information content (AvgIpc) is 3.35. The summed E-state index contributed by atoms with van der Waals surface area (Å²) in [5.41, 5.74) is 4.66. The second-order valence-corrected chi connectivity index (χ2v) is 7.57. The van der Waals surface area contributed by atoms with Crippen LogP contribution in [0, 0.1) is 12.8 Å². The Labute approximate surface area is 161 Å². The van der Waals surface area contributed by atoms with Gasteiger partial charge >= 0.3 is 0 Å². The van der Waals surface area contributed by atoms with Crippen LogP contribution in [0.3, 0.4) is 0 Å². The number of hydrogen-bond donors (Lipinski definition) is 2. The predicted molar refractivity (Wildman–Crippen MR) is 105 cm³/mol. The second-order valence-electron chi connectivity index (χ2n) is 6.85. The van der Waals surface area contributed by atoms with E-state index in [0.29, 0.717) is 6.54 Å². The lowest BCUT2D eigenvalue weighted by Crippen LogP contribution is -2.40. The lowest BCUT2D eigenvalue weighted by Gasteiger charge is -2.31. The minimum absolute atomic E-state index is 0.0167.